The Morgan fingerprint density at radius 2 is 1.62 bits per heavy atom. The number of amides is 2. The van der Waals surface area contributed by atoms with Crippen LogP contribution in [0.25, 0.3) is 0 Å². The minimum Gasteiger partial charge on any atom is -0.353 e. The molecule has 2 aliphatic heterocycles. The van der Waals surface area contributed by atoms with E-state index in [1.165, 1.54) is 4.90 Å². The molecular weight excluding hydrogens is 330 g/mol. The van der Waals surface area contributed by atoms with Crippen molar-refractivity contribution >= 4 is 11.8 Å². The number of hydrogen-bond donors (Lipinski definition) is 0. The first-order valence-corrected chi connectivity index (χ1v) is 9.01. The lowest BCUT2D eigenvalue weighted by Crippen LogP contribution is -2.36. The maximum atomic E-state index is 12.7. The minimum atomic E-state index is -0.415. The van der Waals surface area contributed by atoms with E-state index in [2.05, 4.69) is 0 Å². The largest absolute Gasteiger partial charge is 0.353 e. The Kier molecular flexibility index (Phi) is 4.82. The molecule has 2 amide bonds. The third-order valence-corrected chi connectivity index (χ3v) is 4.85. The number of rotatable bonds is 5. The molecule has 5 nitrogen and oxygen atoms in total. The summed E-state index contributed by atoms with van der Waals surface area (Å²) < 4.78 is 11.9. The van der Waals surface area contributed by atoms with Crippen molar-refractivity contribution in [3.8, 4) is 0 Å². The maximum absolute atomic E-state index is 12.7. The second-order valence-corrected chi connectivity index (χ2v) is 6.60. The van der Waals surface area contributed by atoms with Gasteiger partial charge in [-0.05, 0) is 37.0 Å². The van der Waals surface area contributed by atoms with Gasteiger partial charge in [-0.3, -0.25) is 14.5 Å². The molecule has 0 spiro atoms. The Balaban J connectivity index is 1.57. The zero-order valence-electron chi connectivity index (χ0n) is 14.5. The molecule has 0 N–H and O–H groups in total. The summed E-state index contributed by atoms with van der Waals surface area (Å²) in [6.45, 7) is 0.857. The molecule has 0 aromatic heterocycles. The molecule has 2 aromatic rings. The van der Waals surface area contributed by atoms with Gasteiger partial charge in [0.1, 0.15) is 6.10 Å². The van der Waals surface area contributed by atoms with Crippen LogP contribution in [0, 0.1) is 0 Å². The number of carbonyl (C=O) groups is 2. The highest BCUT2D eigenvalue weighted by molar-refractivity contribution is 6.21. The average Bonchev–Trinajstić information content (AvgIpc) is 2.94. The number of fused-ring (bicyclic) bond motifs is 1. The van der Waals surface area contributed by atoms with E-state index in [4.69, 9.17) is 9.47 Å². The van der Waals surface area contributed by atoms with Crippen molar-refractivity contribution in [3.63, 3.8) is 0 Å². The van der Waals surface area contributed by atoms with Crippen molar-refractivity contribution < 1.29 is 19.1 Å². The molecule has 2 heterocycles. The number of hydrogen-bond acceptors (Lipinski definition) is 4. The van der Waals surface area contributed by atoms with Crippen molar-refractivity contribution in [2.75, 3.05) is 13.2 Å². The van der Waals surface area contributed by atoms with Crippen LogP contribution < -0.4 is 0 Å². The van der Waals surface area contributed by atoms with Crippen LogP contribution in [0.3, 0.4) is 0 Å². The smallest absolute Gasteiger partial charge is 0.261 e. The van der Waals surface area contributed by atoms with Gasteiger partial charge in [0.15, 0.2) is 6.29 Å². The third kappa shape index (κ3) is 3.28. The molecule has 0 aliphatic carbocycles. The van der Waals surface area contributed by atoms with Crippen LogP contribution in [0.5, 0.6) is 0 Å². The van der Waals surface area contributed by atoms with Gasteiger partial charge in [-0.25, -0.2) is 0 Å². The fourth-order valence-electron chi connectivity index (χ4n) is 3.47. The number of carbonyl (C=O) groups excluding carboxylic acids is 2. The molecule has 134 valence electrons. The van der Waals surface area contributed by atoms with Crippen LogP contribution in [-0.2, 0) is 9.47 Å². The molecule has 26 heavy (non-hydrogen) atoms. The van der Waals surface area contributed by atoms with Gasteiger partial charge in [0.25, 0.3) is 11.8 Å². The topological polar surface area (TPSA) is 55.8 Å². The number of imide groups is 1. The summed E-state index contributed by atoms with van der Waals surface area (Å²) in [5, 5.41) is 0. The van der Waals surface area contributed by atoms with E-state index in [0.29, 0.717) is 17.7 Å². The standard InChI is InChI=1S/C21H21NO4/c23-20-16-10-4-5-11-17(16)21(24)22(20)14-18(15-8-2-1-3-9-15)26-19-12-6-7-13-25-19/h1-5,8-11,18-19H,6-7,12-14H2. The predicted molar refractivity (Wildman–Crippen MR) is 95.7 cm³/mol. The van der Waals surface area contributed by atoms with E-state index < -0.39 is 6.10 Å². The van der Waals surface area contributed by atoms with Gasteiger partial charge in [-0.15, -0.1) is 0 Å². The zero-order valence-corrected chi connectivity index (χ0v) is 14.5. The highest BCUT2D eigenvalue weighted by Gasteiger charge is 2.37. The van der Waals surface area contributed by atoms with Gasteiger partial charge in [0.2, 0.25) is 0 Å². The summed E-state index contributed by atoms with van der Waals surface area (Å²) in [6, 6.07) is 16.6. The third-order valence-electron chi connectivity index (χ3n) is 4.85. The van der Waals surface area contributed by atoms with Crippen LogP contribution in [0.2, 0.25) is 0 Å². The molecule has 2 aliphatic rings. The van der Waals surface area contributed by atoms with E-state index in [9.17, 15) is 9.59 Å². The van der Waals surface area contributed by atoms with E-state index in [1.54, 1.807) is 24.3 Å². The summed E-state index contributed by atoms with van der Waals surface area (Å²) in [5.74, 6) is -0.528. The average molecular weight is 351 g/mol. The molecule has 2 unspecified atom stereocenters. The molecule has 2 aromatic carbocycles. The van der Waals surface area contributed by atoms with Crippen molar-refractivity contribution in [1.29, 1.82) is 0 Å². The number of ether oxygens (including phenoxy) is 2. The van der Waals surface area contributed by atoms with Crippen LogP contribution in [-0.4, -0.2) is 36.2 Å². The minimum absolute atomic E-state index is 0.177. The lowest BCUT2D eigenvalue weighted by atomic mass is 10.1. The Hall–Kier alpha value is -2.50. The van der Waals surface area contributed by atoms with Crippen molar-refractivity contribution in [1.82, 2.24) is 4.90 Å². The van der Waals surface area contributed by atoms with Crippen molar-refractivity contribution in [2.24, 2.45) is 0 Å². The zero-order chi connectivity index (χ0) is 17.9. The Labute approximate surface area is 152 Å². The van der Waals surface area contributed by atoms with Gasteiger partial charge in [0, 0.05) is 6.61 Å². The van der Waals surface area contributed by atoms with Crippen LogP contribution in [0.15, 0.2) is 54.6 Å². The molecular formula is C21H21NO4. The van der Waals surface area contributed by atoms with Gasteiger partial charge < -0.3 is 9.47 Å². The van der Waals surface area contributed by atoms with E-state index in [1.807, 2.05) is 30.3 Å². The molecule has 4 rings (SSSR count). The molecule has 0 radical (unpaired) electrons. The van der Waals surface area contributed by atoms with Crippen LogP contribution >= 0.6 is 0 Å². The SMILES string of the molecule is O=C1c2ccccc2C(=O)N1CC(OC1CCCCO1)c1ccccc1. The maximum Gasteiger partial charge on any atom is 0.261 e. The van der Waals surface area contributed by atoms with E-state index in [-0.39, 0.29) is 24.6 Å². The molecule has 0 bridgehead atoms. The van der Waals surface area contributed by atoms with Crippen LogP contribution in [0.4, 0.5) is 0 Å². The van der Waals surface area contributed by atoms with Crippen molar-refractivity contribution in [3.05, 3.63) is 71.3 Å². The Morgan fingerprint density at radius 3 is 2.23 bits per heavy atom. The first kappa shape index (κ1) is 16.9. The fourth-order valence-corrected chi connectivity index (χ4v) is 3.47. The summed E-state index contributed by atoms with van der Waals surface area (Å²) in [5.41, 5.74) is 1.84. The van der Waals surface area contributed by atoms with E-state index in [0.717, 1.165) is 24.8 Å². The molecule has 0 saturated carbocycles. The fraction of sp³-hybridized carbons (Fsp3) is 0.333. The van der Waals surface area contributed by atoms with Gasteiger partial charge in [0.05, 0.1) is 17.7 Å². The Bertz CT molecular complexity index is 764. The highest BCUT2D eigenvalue weighted by Crippen LogP contribution is 2.29. The van der Waals surface area contributed by atoms with Gasteiger partial charge >= 0.3 is 0 Å². The van der Waals surface area contributed by atoms with Gasteiger partial charge in [-0.2, -0.15) is 0 Å². The highest BCUT2D eigenvalue weighted by atomic mass is 16.7. The molecule has 1 fully saturated rings. The first-order chi connectivity index (χ1) is 12.7. The second kappa shape index (κ2) is 7.40. The lowest BCUT2D eigenvalue weighted by Gasteiger charge is -2.30. The van der Waals surface area contributed by atoms with Gasteiger partial charge in [-0.1, -0.05) is 42.5 Å². The summed E-state index contributed by atoms with van der Waals surface area (Å²) >= 11 is 0. The lowest BCUT2D eigenvalue weighted by molar-refractivity contribution is -0.191. The normalized spacial score (nSPS) is 20.9. The number of benzene rings is 2. The van der Waals surface area contributed by atoms with Crippen molar-refractivity contribution in [2.45, 2.75) is 31.7 Å². The monoisotopic (exact) mass is 351 g/mol. The predicted octanol–water partition coefficient (Wildman–Crippen LogP) is 3.57. The summed E-state index contributed by atoms with van der Waals surface area (Å²) in [4.78, 5) is 26.7. The number of nitrogens with zero attached hydrogens (tertiary/aromatic N) is 1. The summed E-state index contributed by atoms with van der Waals surface area (Å²) in [7, 11) is 0. The Morgan fingerprint density at radius 1 is 0.962 bits per heavy atom. The first-order valence-electron chi connectivity index (χ1n) is 9.01. The second-order valence-electron chi connectivity index (χ2n) is 6.60. The van der Waals surface area contributed by atoms with Crippen LogP contribution in [0.1, 0.15) is 51.6 Å². The summed E-state index contributed by atoms with van der Waals surface area (Å²) in [6.07, 6.45) is 2.20. The molecule has 1 saturated heterocycles. The molecule has 2 atom stereocenters. The van der Waals surface area contributed by atoms with E-state index >= 15 is 0 Å². The molecule has 5 heteroatoms. The quantitative estimate of drug-likeness (QED) is 0.773.